The van der Waals surface area contributed by atoms with E-state index in [1.54, 1.807) is 5.51 Å². The van der Waals surface area contributed by atoms with Crippen molar-refractivity contribution in [2.75, 3.05) is 12.4 Å². The Morgan fingerprint density at radius 1 is 1.43 bits per heavy atom. The molecular weight excluding hydrogens is 316 g/mol. The quantitative estimate of drug-likeness (QED) is 0.614. The maximum atomic E-state index is 12.3. The Balaban J connectivity index is 2.37. The number of anilines is 1. The maximum absolute atomic E-state index is 12.3. The molecule has 0 atom stereocenters. The maximum Gasteiger partial charge on any atom is 0.312 e. The van der Waals surface area contributed by atoms with Crippen molar-refractivity contribution in [1.82, 2.24) is 9.71 Å². The predicted octanol–water partition coefficient (Wildman–Crippen LogP) is 1.57. The molecule has 10 heteroatoms. The molecule has 0 unspecified atom stereocenters. The highest BCUT2D eigenvalue weighted by molar-refractivity contribution is 7.89. The van der Waals surface area contributed by atoms with Crippen molar-refractivity contribution in [3.8, 4) is 0 Å². The van der Waals surface area contributed by atoms with Gasteiger partial charge in [-0.15, -0.1) is 11.3 Å². The summed E-state index contributed by atoms with van der Waals surface area (Å²) in [5, 5.41) is 13.8. The monoisotopic (exact) mass is 328 g/mol. The molecule has 112 valence electrons. The molecule has 1 aromatic heterocycles. The summed E-state index contributed by atoms with van der Waals surface area (Å²) in [5.41, 5.74) is 1.24. The lowest BCUT2D eigenvalue weighted by atomic mass is 10.3. The van der Waals surface area contributed by atoms with E-state index < -0.39 is 20.6 Å². The number of nitro groups is 1. The van der Waals surface area contributed by atoms with Crippen LogP contribution < -0.4 is 10.0 Å². The summed E-state index contributed by atoms with van der Waals surface area (Å²) in [4.78, 5) is 14.6. The highest BCUT2D eigenvalue weighted by Gasteiger charge is 2.28. The summed E-state index contributed by atoms with van der Waals surface area (Å²) in [6, 6.07) is 4.09. The third kappa shape index (κ3) is 3.35. The number of sulfonamides is 1. The Bertz CT molecular complexity index is 744. The number of rotatable bonds is 6. The number of nitrogens with zero attached hydrogens (tertiary/aromatic N) is 2. The number of nitro benzene ring substituents is 1. The van der Waals surface area contributed by atoms with Crippen LogP contribution in [0.15, 0.2) is 34.8 Å². The Morgan fingerprint density at radius 2 is 2.19 bits per heavy atom. The number of benzene rings is 1. The fraction of sp³-hybridized carbons (Fsp3) is 0.182. The first-order valence-corrected chi connectivity index (χ1v) is 8.14. The molecule has 0 aliphatic rings. The van der Waals surface area contributed by atoms with Gasteiger partial charge in [-0.05, 0) is 12.1 Å². The summed E-state index contributed by atoms with van der Waals surface area (Å²) >= 11 is 1.29. The normalized spacial score (nSPS) is 11.3. The van der Waals surface area contributed by atoms with E-state index in [2.05, 4.69) is 15.0 Å². The standard InChI is InChI=1S/C11H12N4O4S2/c1-12-9-3-2-4-10(11(9)15(16)17)21(18,19)14-6-8-5-13-7-20-8/h2-5,7,12,14H,6H2,1H3. The third-order valence-corrected chi connectivity index (χ3v) is 4.87. The first-order chi connectivity index (χ1) is 9.95. The first kappa shape index (κ1) is 15.4. The van der Waals surface area contributed by atoms with Crippen molar-refractivity contribution in [3.63, 3.8) is 0 Å². The van der Waals surface area contributed by atoms with Gasteiger partial charge >= 0.3 is 5.69 Å². The SMILES string of the molecule is CNc1cccc(S(=O)(=O)NCc2cncs2)c1[N+](=O)[O-]. The first-order valence-electron chi connectivity index (χ1n) is 5.78. The van der Waals surface area contributed by atoms with E-state index in [0.29, 0.717) is 4.88 Å². The van der Waals surface area contributed by atoms with E-state index in [-0.39, 0.29) is 17.1 Å². The number of thiazole rings is 1. The summed E-state index contributed by atoms with van der Waals surface area (Å²) < 4.78 is 26.9. The second-order valence-electron chi connectivity index (χ2n) is 3.95. The minimum atomic E-state index is -4.00. The molecule has 0 bridgehead atoms. The summed E-state index contributed by atoms with van der Waals surface area (Å²) in [7, 11) is -2.51. The fourth-order valence-corrected chi connectivity index (χ4v) is 3.53. The zero-order chi connectivity index (χ0) is 15.5. The van der Waals surface area contributed by atoms with Crippen LogP contribution in [0.3, 0.4) is 0 Å². The number of hydrogen-bond donors (Lipinski definition) is 2. The highest BCUT2D eigenvalue weighted by atomic mass is 32.2. The molecule has 2 N–H and O–H groups in total. The average molecular weight is 328 g/mol. The van der Waals surface area contributed by atoms with Gasteiger partial charge in [0.25, 0.3) is 0 Å². The van der Waals surface area contributed by atoms with Crippen LogP contribution in [0.2, 0.25) is 0 Å². The van der Waals surface area contributed by atoms with Gasteiger partial charge in [-0.25, -0.2) is 13.1 Å². The van der Waals surface area contributed by atoms with Crippen molar-refractivity contribution in [2.45, 2.75) is 11.4 Å². The molecule has 0 radical (unpaired) electrons. The van der Waals surface area contributed by atoms with Crippen LogP contribution in [0.25, 0.3) is 0 Å². The van der Waals surface area contributed by atoms with Crippen LogP contribution in [-0.2, 0) is 16.6 Å². The van der Waals surface area contributed by atoms with Crippen LogP contribution >= 0.6 is 11.3 Å². The lowest BCUT2D eigenvalue weighted by Gasteiger charge is -2.09. The van der Waals surface area contributed by atoms with E-state index in [0.717, 1.165) is 0 Å². The summed E-state index contributed by atoms with van der Waals surface area (Å²) in [6.07, 6.45) is 1.53. The molecular formula is C11H12N4O4S2. The Morgan fingerprint density at radius 3 is 2.76 bits per heavy atom. The molecule has 1 aromatic carbocycles. The highest BCUT2D eigenvalue weighted by Crippen LogP contribution is 2.31. The minimum Gasteiger partial charge on any atom is -0.383 e. The van der Waals surface area contributed by atoms with Gasteiger partial charge in [0.1, 0.15) is 5.69 Å². The molecule has 0 amide bonds. The van der Waals surface area contributed by atoms with Gasteiger partial charge < -0.3 is 5.32 Å². The van der Waals surface area contributed by atoms with Crippen LogP contribution in [0, 0.1) is 10.1 Å². The van der Waals surface area contributed by atoms with Crippen LogP contribution in [0.4, 0.5) is 11.4 Å². The van der Waals surface area contributed by atoms with E-state index in [9.17, 15) is 18.5 Å². The Hall–Kier alpha value is -2.04. The van der Waals surface area contributed by atoms with Gasteiger partial charge in [0.15, 0.2) is 4.90 Å². The van der Waals surface area contributed by atoms with Crippen molar-refractivity contribution < 1.29 is 13.3 Å². The molecule has 0 fully saturated rings. The van der Waals surface area contributed by atoms with Crippen LogP contribution in [0.5, 0.6) is 0 Å². The molecule has 2 rings (SSSR count). The number of nitrogens with one attached hydrogen (secondary N) is 2. The topological polar surface area (TPSA) is 114 Å². The zero-order valence-electron chi connectivity index (χ0n) is 10.9. The second kappa shape index (κ2) is 6.16. The van der Waals surface area contributed by atoms with Crippen molar-refractivity contribution in [3.05, 3.63) is 44.9 Å². The predicted molar refractivity (Wildman–Crippen MR) is 78.8 cm³/mol. The van der Waals surface area contributed by atoms with Gasteiger partial charge in [-0.2, -0.15) is 0 Å². The molecule has 0 saturated carbocycles. The van der Waals surface area contributed by atoms with E-state index >= 15 is 0 Å². The molecule has 1 heterocycles. The smallest absolute Gasteiger partial charge is 0.312 e. The van der Waals surface area contributed by atoms with E-state index in [1.807, 2.05) is 0 Å². The molecule has 0 aliphatic heterocycles. The number of hydrogen-bond acceptors (Lipinski definition) is 7. The lowest BCUT2D eigenvalue weighted by molar-refractivity contribution is -0.386. The van der Waals surface area contributed by atoms with Gasteiger partial charge in [-0.1, -0.05) is 6.07 Å². The van der Waals surface area contributed by atoms with Crippen LogP contribution in [0.1, 0.15) is 4.88 Å². The summed E-state index contributed by atoms with van der Waals surface area (Å²) in [5.74, 6) is 0. The van der Waals surface area contributed by atoms with E-state index in [4.69, 9.17) is 0 Å². The van der Waals surface area contributed by atoms with Gasteiger partial charge in [-0.3, -0.25) is 15.1 Å². The molecule has 21 heavy (non-hydrogen) atoms. The van der Waals surface area contributed by atoms with Gasteiger partial charge in [0, 0.05) is 24.7 Å². The zero-order valence-corrected chi connectivity index (χ0v) is 12.6. The number of para-hydroxylation sites is 1. The Kier molecular flexibility index (Phi) is 4.50. The fourth-order valence-electron chi connectivity index (χ4n) is 1.70. The van der Waals surface area contributed by atoms with Gasteiger partial charge in [0.2, 0.25) is 10.0 Å². The van der Waals surface area contributed by atoms with Crippen molar-refractivity contribution >= 4 is 32.7 Å². The molecule has 2 aromatic rings. The average Bonchev–Trinajstić information content (AvgIpc) is 2.97. The lowest BCUT2D eigenvalue weighted by Crippen LogP contribution is -2.24. The van der Waals surface area contributed by atoms with Crippen molar-refractivity contribution in [1.29, 1.82) is 0 Å². The third-order valence-electron chi connectivity index (χ3n) is 2.66. The van der Waals surface area contributed by atoms with E-state index in [1.165, 1.54) is 42.8 Å². The molecule has 0 spiro atoms. The van der Waals surface area contributed by atoms with Gasteiger partial charge in [0.05, 0.1) is 10.4 Å². The number of aromatic nitrogens is 1. The largest absolute Gasteiger partial charge is 0.383 e. The Labute approximate surface area is 125 Å². The molecule has 0 aliphatic carbocycles. The van der Waals surface area contributed by atoms with Crippen molar-refractivity contribution in [2.24, 2.45) is 0 Å². The molecule has 0 saturated heterocycles. The second-order valence-corrected chi connectivity index (χ2v) is 6.66. The van der Waals surface area contributed by atoms with Crippen LogP contribution in [-0.4, -0.2) is 25.4 Å². The minimum absolute atomic E-state index is 0.0357. The molecule has 8 nitrogen and oxygen atoms in total. The summed E-state index contributed by atoms with van der Waals surface area (Å²) in [6.45, 7) is 0.0357.